The van der Waals surface area contributed by atoms with Gasteiger partial charge in [-0.3, -0.25) is 38.1 Å². The Morgan fingerprint density at radius 1 is 0.756 bits per heavy atom. The van der Waals surface area contributed by atoms with E-state index < -0.39 is 75.7 Å². The van der Waals surface area contributed by atoms with Gasteiger partial charge in [-0.2, -0.15) is 8.42 Å². The molecule has 3 atom stereocenters. The van der Waals surface area contributed by atoms with E-state index in [2.05, 4.69) is 10.6 Å². The molecule has 0 spiro atoms. The predicted octanol–water partition coefficient (Wildman–Crippen LogP) is 0.0537. The van der Waals surface area contributed by atoms with Crippen molar-refractivity contribution in [3.63, 3.8) is 0 Å². The molecule has 0 aromatic carbocycles. The van der Waals surface area contributed by atoms with Crippen LogP contribution in [0.2, 0.25) is 0 Å². The number of hydrogen-bond acceptors (Lipinski definition) is 11. The van der Waals surface area contributed by atoms with Crippen molar-refractivity contribution in [2.24, 2.45) is 11.8 Å². The van der Waals surface area contributed by atoms with Gasteiger partial charge in [0, 0.05) is 38.6 Å². The molecule has 0 aliphatic rings. The maximum Gasteiger partial charge on any atom is 0.306 e. The lowest BCUT2D eigenvalue weighted by Gasteiger charge is -2.19. The van der Waals surface area contributed by atoms with Crippen LogP contribution in [0.15, 0.2) is 0 Å². The van der Waals surface area contributed by atoms with E-state index in [1.165, 1.54) is 0 Å². The van der Waals surface area contributed by atoms with Crippen LogP contribution in [0.25, 0.3) is 0 Å². The number of ether oxygens (including phenoxy) is 2. The van der Waals surface area contributed by atoms with Gasteiger partial charge in [0.2, 0.25) is 11.8 Å². The average molecular weight is 669 g/mol. The van der Waals surface area contributed by atoms with Gasteiger partial charge in [-0.15, -0.1) is 0 Å². The molecule has 0 aromatic rings. The number of carboxylic acids is 3. The molecule has 0 heterocycles. The van der Waals surface area contributed by atoms with E-state index in [1.54, 1.807) is 0 Å². The number of rotatable bonds is 28. The summed E-state index contributed by atoms with van der Waals surface area (Å²) in [6, 6.07) is -1.78. The van der Waals surface area contributed by atoms with Crippen molar-refractivity contribution in [1.29, 1.82) is 0 Å². The number of ketones is 2. The monoisotopic (exact) mass is 668 g/mol. The summed E-state index contributed by atoms with van der Waals surface area (Å²) in [4.78, 5) is 82.2. The van der Waals surface area contributed by atoms with Crippen LogP contribution in [0.5, 0.6) is 0 Å². The zero-order valence-electron chi connectivity index (χ0n) is 25.2. The zero-order valence-corrected chi connectivity index (χ0v) is 26.1. The van der Waals surface area contributed by atoms with Crippen LogP contribution >= 0.6 is 0 Å². The summed E-state index contributed by atoms with van der Waals surface area (Å²) >= 11 is 0. The normalized spacial score (nSPS) is 13.3. The maximum absolute atomic E-state index is 12.6. The van der Waals surface area contributed by atoms with Crippen molar-refractivity contribution in [3.8, 4) is 0 Å². The molecule has 6 N–H and O–H groups in total. The summed E-state index contributed by atoms with van der Waals surface area (Å²) in [6.45, 7) is 1.93. The summed E-state index contributed by atoms with van der Waals surface area (Å²) in [6.07, 6.45) is -0.346. The second-order valence-corrected chi connectivity index (χ2v) is 11.8. The van der Waals surface area contributed by atoms with Gasteiger partial charge in [0.15, 0.2) is 11.6 Å². The third-order valence-corrected chi connectivity index (χ3v) is 7.10. The van der Waals surface area contributed by atoms with E-state index in [0.717, 1.165) is 6.42 Å². The van der Waals surface area contributed by atoms with Crippen LogP contribution in [-0.2, 0) is 53.2 Å². The molecule has 0 bridgehead atoms. The molecule has 0 fully saturated rings. The third-order valence-electron chi connectivity index (χ3n) is 6.35. The standard InChI is InChI=1S/C27H44N2O15S/c1-2-3-5-18(26(36)37)14-20(30)16-44-13-12-43-11-10-28-23(32)9-8-19(27(38)39)15-22(31)21(17-45(40,41)42)29-24(33)6-4-7-25(34)35/h18-19,21H,2-17H2,1H3,(H,28,32)(H,29,33)(H,34,35)(H,36,37)(H,38,39)(H,40,41,42). The molecule has 0 rings (SSSR count). The first-order valence-electron chi connectivity index (χ1n) is 14.4. The number of Topliss-reactive ketones (excluding diaryl/α,β-unsaturated/α-hetero) is 2. The van der Waals surface area contributed by atoms with E-state index >= 15 is 0 Å². The minimum Gasteiger partial charge on any atom is -0.481 e. The van der Waals surface area contributed by atoms with Gasteiger partial charge < -0.3 is 35.4 Å². The number of nitrogens with one attached hydrogen (secondary N) is 2. The molecule has 0 aliphatic heterocycles. The highest BCUT2D eigenvalue weighted by Crippen LogP contribution is 2.15. The Labute approximate surface area is 261 Å². The Bertz CT molecular complexity index is 1110. The number of amides is 2. The van der Waals surface area contributed by atoms with Gasteiger partial charge in [0.1, 0.15) is 18.4 Å². The number of carboxylic acid groups (broad SMARTS) is 3. The Balaban J connectivity index is 4.50. The second-order valence-electron chi connectivity index (χ2n) is 10.3. The number of aliphatic carboxylic acids is 3. The summed E-state index contributed by atoms with van der Waals surface area (Å²) in [5.41, 5.74) is 0. The molecule has 45 heavy (non-hydrogen) atoms. The molecular weight excluding hydrogens is 624 g/mol. The van der Waals surface area contributed by atoms with Crippen LogP contribution < -0.4 is 10.6 Å². The molecule has 0 radical (unpaired) electrons. The van der Waals surface area contributed by atoms with Crippen LogP contribution in [0, 0.1) is 11.8 Å². The molecule has 0 saturated carbocycles. The lowest BCUT2D eigenvalue weighted by Crippen LogP contribution is -2.46. The summed E-state index contributed by atoms with van der Waals surface area (Å²) < 4.78 is 42.3. The fourth-order valence-electron chi connectivity index (χ4n) is 3.95. The molecule has 17 nitrogen and oxygen atoms in total. The number of carbonyl (C=O) groups excluding carboxylic acids is 4. The van der Waals surface area contributed by atoms with E-state index in [1.807, 2.05) is 6.92 Å². The molecule has 18 heteroatoms. The summed E-state index contributed by atoms with van der Waals surface area (Å²) in [7, 11) is -4.76. The number of carbonyl (C=O) groups is 7. The van der Waals surface area contributed by atoms with E-state index in [-0.39, 0.29) is 77.3 Å². The van der Waals surface area contributed by atoms with Crippen molar-refractivity contribution in [3.05, 3.63) is 0 Å². The lowest BCUT2D eigenvalue weighted by molar-refractivity contribution is -0.145. The highest BCUT2D eigenvalue weighted by atomic mass is 32.2. The summed E-state index contributed by atoms with van der Waals surface area (Å²) in [5, 5.41) is 31.9. The van der Waals surface area contributed by atoms with Crippen molar-refractivity contribution in [2.75, 3.05) is 38.7 Å². The molecule has 3 unspecified atom stereocenters. The molecule has 2 amide bonds. The van der Waals surface area contributed by atoms with Crippen molar-refractivity contribution < 1.29 is 71.3 Å². The van der Waals surface area contributed by atoms with Gasteiger partial charge in [0.05, 0.1) is 31.7 Å². The fourth-order valence-corrected chi connectivity index (χ4v) is 4.64. The highest BCUT2D eigenvalue weighted by Gasteiger charge is 2.30. The molecular formula is C27H44N2O15S. The van der Waals surface area contributed by atoms with Gasteiger partial charge in [0.25, 0.3) is 10.1 Å². The van der Waals surface area contributed by atoms with E-state index in [0.29, 0.717) is 12.8 Å². The Kier molecular flexibility index (Phi) is 21.2. The first-order chi connectivity index (χ1) is 21.0. The second kappa shape index (κ2) is 22.9. The topological polar surface area (TPSA) is 277 Å². The smallest absolute Gasteiger partial charge is 0.306 e. The Morgan fingerprint density at radius 3 is 1.96 bits per heavy atom. The van der Waals surface area contributed by atoms with Crippen LogP contribution in [0.1, 0.15) is 71.1 Å². The molecule has 0 aliphatic carbocycles. The molecule has 0 saturated heterocycles. The van der Waals surface area contributed by atoms with Crippen LogP contribution in [-0.4, -0.2) is 114 Å². The van der Waals surface area contributed by atoms with Crippen LogP contribution in [0.4, 0.5) is 0 Å². The average Bonchev–Trinajstić information content (AvgIpc) is 2.92. The SMILES string of the molecule is CCCCC(CC(=O)COCCOCCNC(=O)CCC(CC(=O)C(CS(=O)(=O)O)NC(=O)CCCC(=O)O)C(=O)O)C(=O)O. The Morgan fingerprint density at radius 2 is 1.38 bits per heavy atom. The number of unbranched alkanes of at least 4 members (excludes halogenated alkanes) is 1. The quantitative estimate of drug-likeness (QED) is 0.0475. The first-order valence-corrected chi connectivity index (χ1v) is 16.0. The fraction of sp³-hybridized carbons (Fsp3) is 0.741. The summed E-state index contributed by atoms with van der Waals surface area (Å²) in [5.74, 6) is -9.78. The van der Waals surface area contributed by atoms with Crippen molar-refractivity contribution in [2.45, 2.75) is 77.2 Å². The predicted molar refractivity (Wildman–Crippen MR) is 155 cm³/mol. The van der Waals surface area contributed by atoms with Crippen molar-refractivity contribution >= 4 is 51.4 Å². The minimum absolute atomic E-state index is 0.0521. The maximum atomic E-state index is 12.6. The highest BCUT2D eigenvalue weighted by molar-refractivity contribution is 7.85. The van der Waals surface area contributed by atoms with E-state index in [4.69, 9.17) is 19.1 Å². The lowest BCUT2D eigenvalue weighted by atomic mass is 9.94. The van der Waals surface area contributed by atoms with Crippen molar-refractivity contribution in [1.82, 2.24) is 10.6 Å². The third kappa shape index (κ3) is 22.7. The number of hydrogen-bond donors (Lipinski definition) is 6. The molecule has 0 aromatic heterocycles. The molecule has 258 valence electrons. The Hall–Kier alpha value is -3.48. The van der Waals surface area contributed by atoms with Crippen LogP contribution in [0.3, 0.4) is 0 Å². The zero-order chi connectivity index (χ0) is 34.4. The largest absolute Gasteiger partial charge is 0.481 e. The van der Waals surface area contributed by atoms with Gasteiger partial charge >= 0.3 is 17.9 Å². The van der Waals surface area contributed by atoms with Gasteiger partial charge in [-0.1, -0.05) is 19.8 Å². The van der Waals surface area contributed by atoms with Gasteiger partial charge in [-0.05, 0) is 19.3 Å². The first kappa shape index (κ1) is 41.5. The van der Waals surface area contributed by atoms with Gasteiger partial charge in [-0.25, -0.2) is 0 Å². The minimum atomic E-state index is -4.76. The van der Waals surface area contributed by atoms with E-state index in [9.17, 15) is 52.2 Å².